The third kappa shape index (κ3) is 2.56. The predicted molar refractivity (Wildman–Crippen MR) is 72.6 cm³/mol. The van der Waals surface area contributed by atoms with Gasteiger partial charge in [-0.1, -0.05) is 17.7 Å². The number of pyridine rings is 1. The van der Waals surface area contributed by atoms with Crippen LogP contribution in [0.5, 0.6) is 0 Å². The van der Waals surface area contributed by atoms with Crippen LogP contribution in [0.2, 0.25) is 0 Å². The smallest absolute Gasteiger partial charge is 0.153 e. The van der Waals surface area contributed by atoms with Gasteiger partial charge in [0.1, 0.15) is 0 Å². The van der Waals surface area contributed by atoms with Gasteiger partial charge in [-0.25, -0.2) is 4.98 Å². The molecule has 0 aliphatic carbocycles. The summed E-state index contributed by atoms with van der Waals surface area (Å²) in [6, 6.07) is 10.0. The van der Waals surface area contributed by atoms with Crippen LogP contribution < -0.4 is 11.1 Å². The van der Waals surface area contributed by atoms with Crippen molar-refractivity contribution in [1.82, 2.24) is 4.98 Å². The van der Waals surface area contributed by atoms with E-state index in [1.807, 2.05) is 25.1 Å². The van der Waals surface area contributed by atoms with Gasteiger partial charge in [-0.3, -0.25) is 0 Å². The van der Waals surface area contributed by atoms with E-state index in [1.54, 1.807) is 0 Å². The fourth-order valence-corrected chi connectivity index (χ4v) is 1.75. The van der Waals surface area contributed by atoms with E-state index in [2.05, 4.69) is 36.3 Å². The van der Waals surface area contributed by atoms with Crippen molar-refractivity contribution in [1.29, 1.82) is 0 Å². The van der Waals surface area contributed by atoms with E-state index in [1.165, 1.54) is 11.1 Å². The average molecular weight is 227 g/mol. The molecule has 2 aromatic rings. The van der Waals surface area contributed by atoms with E-state index < -0.39 is 0 Å². The summed E-state index contributed by atoms with van der Waals surface area (Å²) in [5.41, 5.74) is 11.0. The zero-order valence-electron chi connectivity index (χ0n) is 10.4. The molecule has 0 saturated carbocycles. The first kappa shape index (κ1) is 11.5. The molecular weight excluding hydrogens is 210 g/mol. The Morgan fingerprint density at radius 3 is 2.53 bits per heavy atom. The molecule has 1 heterocycles. The fraction of sp³-hybridized carbons (Fsp3) is 0.214. The number of aromatic nitrogens is 1. The molecule has 0 amide bonds. The Kier molecular flexibility index (Phi) is 3.00. The first-order valence-electron chi connectivity index (χ1n) is 5.63. The quantitative estimate of drug-likeness (QED) is 0.827. The lowest BCUT2D eigenvalue weighted by atomic mass is 10.1. The lowest BCUT2D eigenvalue weighted by Crippen LogP contribution is -2.01. The number of rotatable bonds is 2. The molecule has 0 bridgehead atoms. The van der Waals surface area contributed by atoms with Crippen molar-refractivity contribution < 1.29 is 0 Å². The highest BCUT2D eigenvalue weighted by Gasteiger charge is 2.04. The van der Waals surface area contributed by atoms with Gasteiger partial charge in [0.25, 0.3) is 0 Å². The van der Waals surface area contributed by atoms with Crippen LogP contribution in [0.3, 0.4) is 0 Å². The van der Waals surface area contributed by atoms with Gasteiger partial charge < -0.3 is 11.1 Å². The van der Waals surface area contributed by atoms with Crippen LogP contribution >= 0.6 is 0 Å². The second-order valence-electron chi connectivity index (χ2n) is 4.33. The summed E-state index contributed by atoms with van der Waals surface area (Å²) in [5, 5.41) is 3.27. The molecule has 1 aromatic heterocycles. The largest absolute Gasteiger partial charge is 0.396 e. The maximum Gasteiger partial charge on any atom is 0.153 e. The van der Waals surface area contributed by atoms with Gasteiger partial charge in [0.2, 0.25) is 0 Å². The van der Waals surface area contributed by atoms with Gasteiger partial charge in [-0.05, 0) is 44.5 Å². The number of hydrogen-bond acceptors (Lipinski definition) is 3. The Morgan fingerprint density at radius 1 is 1.06 bits per heavy atom. The van der Waals surface area contributed by atoms with Crippen LogP contribution in [0.1, 0.15) is 16.8 Å². The Labute approximate surface area is 102 Å². The van der Waals surface area contributed by atoms with Gasteiger partial charge in [-0.2, -0.15) is 0 Å². The molecule has 0 radical (unpaired) electrons. The molecule has 0 saturated heterocycles. The number of nitrogens with one attached hydrogen (secondary N) is 1. The summed E-state index contributed by atoms with van der Waals surface area (Å²) < 4.78 is 0. The number of hydrogen-bond donors (Lipinski definition) is 2. The fourth-order valence-electron chi connectivity index (χ4n) is 1.75. The van der Waals surface area contributed by atoms with E-state index in [4.69, 9.17) is 5.73 Å². The topological polar surface area (TPSA) is 50.9 Å². The summed E-state index contributed by atoms with van der Waals surface area (Å²) >= 11 is 0. The van der Waals surface area contributed by atoms with Crippen molar-refractivity contribution in [2.24, 2.45) is 0 Å². The van der Waals surface area contributed by atoms with Gasteiger partial charge in [0.05, 0.1) is 5.69 Å². The number of nitrogens with zero attached hydrogens (tertiary/aromatic N) is 1. The van der Waals surface area contributed by atoms with Crippen LogP contribution in [-0.2, 0) is 0 Å². The lowest BCUT2D eigenvalue weighted by molar-refractivity contribution is 1.20. The summed E-state index contributed by atoms with van der Waals surface area (Å²) in [6.07, 6.45) is 0. The number of benzene rings is 1. The predicted octanol–water partition coefficient (Wildman–Crippen LogP) is 3.33. The molecule has 0 unspecified atom stereocenters. The highest BCUT2D eigenvalue weighted by atomic mass is 15.0. The van der Waals surface area contributed by atoms with E-state index in [-0.39, 0.29) is 0 Å². The maximum atomic E-state index is 5.89. The molecule has 3 N–H and O–H groups in total. The summed E-state index contributed by atoms with van der Waals surface area (Å²) in [4.78, 5) is 4.40. The first-order chi connectivity index (χ1) is 8.06. The van der Waals surface area contributed by atoms with Gasteiger partial charge >= 0.3 is 0 Å². The molecular formula is C14H17N3. The molecule has 0 atom stereocenters. The minimum Gasteiger partial charge on any atom is -0.396 e. The molecule has 0 spiro atoms. The number of nitrogens with two attached hydrogens (primary N) is 1. The molecule has 3 nitrogen and oxygen atoms in total. The van der Waals surface area contributed by atoms with E-state index >= 15 is 0 Å². The Bertz CT molecular complexity index is 547. The first-order valence-corrected chi connectivity index (χ1v) is 5.63. The second kappa shape index (κ2) is 4.45. The maximum absolute atomic E-state index is 5.89. The van der Waals surface area contributed by atoms with E-state index in [0.717, 1.165) is 17.2 Å². The van der Waals surface area contributed by atoms with E-state index in [0.29, 0.717) is 5.69 Å². The molecule has 0 aliphatic rings. The Hall–Kier alpha value is -2.03. The normalized spacial score (nSPS) is 10.3. The highest BCUT2D eigenvalue weighted by molar-refractivity contribution is 5.70. The molecule has 0 fully saturated rings. The second-order valence-corrected chi connectivity index (χ2v) is 4.33. The van der Waals surface area contributed by atoms with Crippen LogP contribution in [0.4, 0.5) is 17.2 Å². The SMILES string of the molecule is Cc1ccc(Nc2nc(C)ccc2N)c(C)c1. The number of aryl methyl sites for hydroxylation is 3. The Morgan fingerprint density at radius 2 is 1.82 bits per heavy atom. The van der Waals surface area contributed by atoms with Crippen LogP contribution in [0, 0.1) is 20.8 Å². The van der Waals surface area contributed by atoms with Crippen molar-refractivity contribution in [3.05, 3.63) is 47.2 Å². The van der Waals surface area contributed by atoms with Gasteiger partial charge in [0, 0.05) is 11.4 Å². The molecule has 1 aromatic carbocycles. The van der Waals surface area contributed by atoms with Gasteiger partial charge in [-0.15, -0.1) is 0 Å². The van der Waals surface area contributed by atoms with Crippen LogP contribution in [-0.4, -0.2) is 4.98 Å². The zero-order valence-corrected chi connectivity index (χ0v) is 10.4. The third-order valence-electron chi connectivity index (χ3n) is 2.70. The van der Waals surface area contributed by atoms with E-state index in [9.17, 15) is 0 Å². The number of anilines is 3. The Balaban J connectivity index is 2.34. The van der Waals surface area contributed by atoms with Gasteiger partial charge in [0.15, 0.2) is 5.82 Å². The molecule has 3 heteroatoms. The molecule has 17 heavy (non-hydrogen) atoms. The minimum atomic E-state index is 0.663. The van der Waals surface area contributed by atoms with Crippen LogP contribution in [0.15, 0.2) is 30.3 Å². The molecule has 0 aliphatic heterocycles. The molecule has 88 valence electrons. The van der Waals surface area contributed by atoms with Crippen molar-refractivity contribution in [3.63, 3.8) is 0 Å². The summed E-state index contributed by atoms with van der Waals surface area (Å²) in [6.45, 7) is 6.10. The number of nitrogen functional groups attached to an aromatic ring is 1. The van der Waals surface area contributed by atoms with Crippen LogP contribution in [0.25, 0.3) is 0 Å². The standard InChI is InChI=1S/C14H17N3/c1-9-4-7-13(10(2)8-9)17-14-12(15)6-5-11(3)16-14/h4-8H,15H2,1-3H3,(H,16,17). The lowest BCUT2D eigenvalue weighted by Gasteiger charge is -2.11. The summed E-state index contributed by atoms with van der Waals surface area (Å²) in [7, 11) is 0. The van der Waals surface area contributed by atoms with Crippen molar-refractivity contribution in [3.8, 4) is 0 Å². The monoisotopic (exact) mass is 227 g/mol. The van der Waals surface area contributed by atoms with Crippen molar-refractivity contribution in [2.75, 3.05) is 11.1 Å². The van der Waals surface area contributed by atoms with Crippen molar-refractivity contribution in [2.45, 2.75) is 20.8 Å². The molecule has 2 rings (SSSR count). The zero-order chi connectivity index (χ0) is 12.4. The summed E-state index contributed by atoms with van der Waals surface area (Å²) in [5.74, 6) is 0.719. The average Bonchev–Trinajstić information content (AvgIpc) is 2.27. The van der Waals surface area contributed by atoms with Crippen molar-refractivity contribution >= 4 is 17.2 Å². The third-order valence-corrected chi connectivity index (χ3v) is 2.70. The minimum absolute atomic E-state index is 0.663. The highest BCUT2D eigenvalue weighted by Crippen LogP contribution is 2.24.